The SMILES string of the molecule is CN(CCc1ccccn1)C(=O)CCC1CCCN(C(=O)CCOc2ccccc2)C1. The van der Waals surface area contributed by atoms with Crippen LogP contribution in [0.1, 0.15) is 37.8 Å². The molecule has 2 amide bonds. The largest absolute Gasteiger partial charge is 0.493 e. The molecule has 1 unspecified atom stereocenters. The van der Waals surface area contributed by atoms with Crippen LogP contribution in [0.25, 0.3) is 0 Å². The minimum absolute atomic E-state index is 0.138. The van der Waals surface area contributed by atoms with Gasteiger partial charge in [0.25, 0.3) is 0 Å². The first kappa shape index (κ1) is 22.8. The highest BCUT2D eigenvalue weighted by molar-refractivity contribution is 5.77. The maximum atomic E-state index is 12.6. The van der Waals surface area contributed by atoms with Crippen molar-refractivity contribution < 1.29 is 14.3 Å². The highest BCUT2D eigenvalue weighted by atomic mass is 16.5. The third kappa shape index (κ3) is 7.70. The van der Waals surface area contributed by atoms with E-state index in [-0.39, 0.29) is 11.8 Å². The number of benzene rings is 1. The fourth-order valence-corrected chi connectivity index (χ4v) is 3.93. The van der Waals surface area contributed by atoms with E-state index in [4.69, 9.17) is 4.74 Å². The van der Waals surface area contributed by atoms with Gasteiger partial charge in [-0.25, -0.2) is 0 Å². The van der Waals surface area contributed by atoms with E-state index in [1.807, 2.05) is 60.5 Å². The highest BCUT2D eigenvalue weighted by Crippen LogP contribution is 2.22. The molecule has 0 saturated carbocycles. The summed E-state index contributed by atoms with van der Waals surface area (Å²) in [7, 11) is 1.86. The quantitative estimate of drug-likeness (QED) is 0.586. The Morgan fingerprint density at radius 1 is 1.13 bits per heavy atom. The van der Waals surface area contributed by atoms with Crippen molar-refractivity contribution in [2.45, 2.75) is 38.5 Å². The first-order valence-corrected chi connectivity index (χ1v) is 11.2. The number of likely N-dealkylation sites (N-methyl/N-ethyl adjacent to an activating group) is 1. The predicted molar refractivity (Wildman–Crippen MR) is 121 cm³/mol. The van der Waals surface area contributed by atoms with Crippen molar-refractivity contribution in [2.75, 3.05) is 33.3 Å². The second-order valence-electron chi connectivity index (χ2n) is 8.18. The zero-order valence-corrected chi connectivity index (χ0v) is 18.4. The molecule has 1 aliphatic rings. The molecule has 1 atom stereocenters. The lowest BCUT2D eigenvalue weighted by atomic mass is 9.93. The number of ether oxygens (including phenoxy) is 1. The van der Waals surface area contributed by atoms with Crippen molar-refractivity contribution in [3.05, 3.63) is 60.4 Å². The zero-order valence-electron chi connectivity index (χ0n) is 18.4. The average Bonchev–Trinajstić information content (AvgIpc) is 2.82. The van der Waals surface area contributed by atoms with Crippen molar-refractivity contribution in [3.63, 3.8) is 0 Å². The van der Waals surface area contributed by atoms with Gasteiger partial charge in [0.1, 0.15) is 5.75 Å². The third-order valence-electron chi connectivity index (χ3n) is 5.82. The summed E-state index contributed by atoms with van der Waals surface area (Å²) in [6, 6.07) is 15.4. The summed E-state index contributed by atoms with van der Waals surface area (Å²) in [5, 5.41) is 0. The molecule has 0 radical (unpaired) electrons. The number of hydrogen-bond acceptors (Lipinski definition) is 4. The maximum Gasteiger partial charge on any atom is 0.226 e. The number of para-hydroxylation sites is 1. The number of piperidine rings is 1. The molecule has 1 aromatic heterocycles. The van der Waals surface area contributed by atoms with Crippen LogP contribution in [0.15, 0.2) is 54.7 Å². The molecule has 0 N–H and O–H groups in total. The van der Waals surface area contributed by atoms with Gasteiger partial charge in [0.15, 0.2) is 0 Å². The minimum Gasteiger partial charge on any atom is -0.493 e. The molecule has 0 aliphatic carbocycles. The molecule has 1 aliphatic heterocycles. The predicted octanol–water partition coefficient (Wildman–Crippen LogP) is 3.57. The van der Waals surface area contributed by atoms with Gasteiger partial charge in [-0.1, -0.05) is 24.3 Å². The topological polar surface area (TPSA) is 62.7 Å². The average molecular weight is 424 g/mol. The van der Waals surface area contributed by atoms with E-state index in [0.717, 1.165) is 50.2 Å². The lowest BCUT2D eigenvalue weighted by Crippen LogP contribution is -2.40. The molecule has 1 aromatic carbocycles. The van der Waals surface area contributed by atoms with Crippen molar-refractivity contribution in [1.82, 2.24) is 14.8 Å². The number of pyridine rings is 1. The van der Waals surface area contributed by atoms with Crippen LogP contribution in [0, 0.1) is 5.92 Å². The van der Waals surface area contributed by atoms with E-state index in [0.29, 0.717) is 31.9 Å². The van der Waals surface area contributed by atoms with Crippen molar-refractivity contribution in [3.8, 4) is 5.75 Å². The summed E-state index contributed by atoms with van der Waals surface area (Å²) < 4.78 is 5.65. The van der Waals surface area contributed by atoms with Gasteiger partial charge < -0.3 is 14.5 Å². The van der Waals surface area contributed by atoms with Crippen molar-refractivity contribution in [1.29, 1.82) is 0 Å². The number of nitrogens with zero attached hydrogens (tertiary/aromatic N) is 3. The standard InChI is InChI=1S/C25H33N3O3/c1-27(18-14-22-9-5-6-16-26-22)24(29)13-12-21-8-7-17-28(20-21)25(30)15-19-31-23-10-3-2-4-11-23/h2-6,9-11,16,21H,7-8,12-15,17-20H2,1H3. The van der Waals surface area contributed by atoms with Crippen LogP contribution in [-0.4, -0.2) is 59.9 Å². The fraction of sp³-hybridized carbons (Fsp3) is 0.480. The van der Waals surface area contributed by atoms with Gasteiger partial charge in [0, 0.05) is 51.4 Å². The second-order valence-corrected chi connectivity index (χ2v) is 8.18. The zero-order chi connectivity index (χ0) is 21.9. The number of rotatable bonds is 10. The normalized spacial score (nSPS) is 16.0. The Kier molecular flexibility index (Phi) is 8.88. The Bertz CT molecular complexity index is 813. The van der Waals surface area contributed by atoms with Gasteiger partial charge in [0.05, 0.1) is 13.0 Å². The Balaban J connectivity index is 1.34. The molecule has 2 aromatic rings. The number of carbonyl (C=O) groups excluding carboxylic acids is 2. The first-order chi connectivity index (χ1) is 15.1. The summed E-state index contributed by atoms with van der Waals surface area (Å²) in [6.07, 6.45) is 6.37. The summed E-state index contributed by atoms with van der Waals surface area (Å²) in [6.45, 7) is 2.61. The van der Waals surface area contributed by atoms with Crippen LogP contribution in [-0.2, 0) is 16.0 Å². The Morgan fingerprint density at radius 3 is 2.71 bits per heavy atom. The number of aromatic nitrogens is 1. The molecule has 0 spiro atoms. The molecular weight excluding hydrogens is 390 g/mol. The Hall–Kier alpha value is -2.89. The summed E-state index contributed by atoms with van der Waals surface area (Å²) in [5.41, 5.74) is 1.000. The van der Waals surface area contributed by atoms with Gasteiger partial charge >= 0.3 is 0 Å². The minimum atomic E-state index is 0.138. The number of amides is 2. The van der Waals surface area contributed by atoms with Crippen LogP contribution in [0.2, 0.25) is 0 Å². The summed E-state index contributed by atoms with van der Waals surface area (Å²) in [4.78, 5) is 33.1. The summed E-state index contributed by atoms with van der Waals surface area (Å²) >= 11 is 0. The van der Waals surface area contributed by atoms with Gasteiger partial charge in [-0.05, 0) is 49.4 Å². The molecule has 1 saturated heterocycles. The monoisotopic (exact) mass is 423 g/mol. The van der Waals surface area contributed by atoms with Gasteiger partial charge in [-0.15, -0.1) is 0 Å². The molecule has 31 heavy (non-hydrogen) atoms. The van der Waals surface area contributed by atoms with E-state index >= 15 is 0 Å². The second kappa shape index (κ2) is 12.1. The van der Waals surface area contributed by atoms with E-state index in [1.54, 1.807) is 11.1 Å². The number of carbonyl (C=O) groups is 2. The van der Waals surface area contributed by atoms with Crippen LogP contribution in [0.4, 0.5) is 0 Å². The molecule has 0 bridgehead atoms. The molecule has 166 valence electrons. The highest BCUT2D eigenvalue weighted by Gasteiger charge is 2.24. The number of likely N-dealkylation sites (tertiary alicyclic amines) is 1. The lowest BCUT2D eigenvalue weighted by Gasteiger charge is -2.33. The third-order valence-corrected chi connectivity index (χ3v) is 5.82. The van der Waals surface area contributed by atoms with E-state index in [2.05, 4.69) is 4.98 Å². The van der Waals surface area contributed by atoms with Gasteiger partial charge in [0.2, 0.25) is 11.8 Å². The molecule has 6 nitrogen and oxygen atoms in total. The lowest BCUT2D eigenvalue weighted by molar-refractivity contribution is -0.133. The molecular formula is C25H33N3O3. The van der Waals surface area contributed by atoms with Crippen molar-refractivity contribution in [2.24, 2.45) is 5.92 Å². The van der Waals surface area contributed by atoms with Crippen LogP contribution < -0.4 is 4.74 Å². The van der Waals surface area contributed by atoms with Crippen LogP contribution in [0.3, 0.4) is 0 Å². The maximum absolute atomic E-state index is 12.6. The van der Waals surface area contributed by atoms with Crippen LogP contribution >= 0.6 is 0 Å². The number of hydrogen-bond donors (Lipinski definition) is 0. The van der Waals surface area contributed by atoms with E-state index in [9.17, 15) is 9.59 Å². The first-order valence-electron chi connectivity index (χ1n) is 11.2. The Labute approximate surface area is 185 Å². The van der Waals surface area contributed by atoms with Gasteiger partial charge in [-0.2, -0.15) is 0 Å². The Morgan fingerprint density at radius 2 is 1.94 bits per heavy atom. The van der Waals surface area contributed by atoms with Crippen molar-refractivity contribution >= 4 is 11.8 Å². The van der Waals surface area contributed by atoms with Gasteiger partial charge in [-0.3, -0.25) is 14.6 Å². The summed E-state index contributed by atoms with van der Waals surface area (Å²) in [5.74, 6) is 1.48. The molecule has 6 heteroatoms. The van der Waals surface area contributed by atoms with E-state index < -0.39 is 0 Å². The fourth-order valence-electron chi connectivity index (χ4n) is 3.93. The van der Waals surface area contributed by atoms with E-state index in [1.165, 1.54) is 0 Å². The van der Waals surface area contributed by atoms with Crippen LogP contribution in [0.5, 0.6) is 5.75 Å². The molecule has 2 heterocycles. The molecule has 3 rings (SSSR count). The smallest absolute Gasteiger partial charge is 0.226 e. The molecule has 1 fully saturated rings.